The predicted molar refractivity (Wildman–Crippen MR) is 78.0 cm³/mol. The lowest BCUT2D eigenvalue weighted by atomic mass is 10.2. The van der Waals surface area contributed by atoms with Crippen LogP contribution in [0.3, 0.4) is 0 Å². The molecule has 4 nitrogen and oxygen atoms in total. The third-order valence-corrected chi connectivity index (χ3v) is 2.95. The smallest absolute Gasteiger partial charge is 0.255 e. The lowest BCUT2D eigenvalue weighted by molar-refractivity contribution is 0.102. The molecule has 0 radical (unpaired) electrons. The first kappa shape index (κ1) is 12.2. The number of nitrogens with one attached hydrogen (secondary N) is 1. The molecule has 0 fully saturated rings. The zero-order chi connectivity index (χ0) is 13.8. The summed E-state index contributed by atoms with van der Waals surface area (Å²) in [6.45, 7) is 0. The highest BCUT2D eigenvalue weighted by Crippen LogP contribution is 2.13. The molecule has 0 spiro atoms. The second kappa shape index (κ2) is 5.40. The van der Waals surface area contributed by atoms with E-state index >= 15 is 0 Å². The van der Waals surface area contributed by atoms with Gasteiger partial charge in [0.15, 0.2) is 0 Å². The van der Waals surface area contributed by atoms with Crippen molar-refractivity contribution in [2.45, 2.75) is 0 Å². The maximum atomic E-state index is 12.2. The molecule has 0 saturated carbocycles. The minimum atomic E-state index is -0.134. The minimum Gasteiger partial charge on any atom is -0.324 e. The van der Waals surface area contributed by atoms with Gasteiger partial charge in [-0.2, -0.15) is 0 Å². The average Bonchev–Trinajstić information content (AvgIpc) is 3.03. The maximum absolute atomic E-state index is 12.2. The van der Waals surface area contributed by atoms with Crippen LogP contribution in [0.15, 0.2) is 73.3 Å². The van der Waals surface area contributed by atoms with Gasteiger partial charge in [-0.05, 0) is 42.5 Å². The normalized spacial score (nSPS) is 10.2. The van der Waals surface area contributed by atoms with Crippen molar-refractivity contribution in [3.8, 4) is 5.69 Å². The summed E-state index contributed by atoms with van der Waals surface area (Å²) in [5.41, 5.74) is 2.31. The molecular weight excluding hydrogens is 250 g/mol. The summed E-state index contributed by atoms with van der Waals surface area (Å²) >= 11 is 0. The van der Waals surface area contributed by atoms with Crippen LogP contribution in [0.4, 0.5) is 5.69 Å². The molecule has 0 unspecified atom stereocenters. The molecule has 2 heterocycles. The number of nitrogens with zero attached hydrogens (tertiary/aromatic N) is 2. The summed E-state index contributed by atoms with van der Waals surface area (Å²) in [4.78, 5) is 16.1. The monoisotopic (exact) mass is 263 g/mol. The summed E-state index contributed by atoms with van der Waals surface area (Å²) in [6, 6.07) is 14.9. The molecule has 0 atom stereocenters. The zero-order valence-corrected chi connectivity index (χ0v) is 10.7. The highest BCUT2D eigenvalue weighted by Gasteiger charge is 2.07. The Morgan fingerprint density at radius 2 is 1.75 bits per heavy atom. The maximum Gasteiger partial charge on any atom is 0.255 e. The van der Waals surface area contributed by atoms with Crippen LogP contribution >= 0.6 is 0 Å². The van der Waals surface area contributed by atoms with Gasteiger partial charge >= 0.3 is 0 Å². The molecule has 1 aromatic carbocycles. The standard InChI is InChI=1S/C16H13N3O/c20-16(18-14-6-8-17-9-7-14)13-4-3-5-15(12-13)19-10-1-2-11-19/h1-12H,(H,17,18,20). The van der Waals surface area contributed by atoms with Crippen LogP contribution in [0.5, 0.6) is 0 Å². The quantitative estimate of drug-likeness (QED) is 0.789. The van der Waals surface area contributed by atoms with E-state index in [0.717, 1.165) is 11.4 Å². The second-order valence-corrected chi connectivity index (χ2v) is 4.33. The highest BCUT2D eigenvalue weighted by molar-refractivity contribution is 6.04. The van der Waals surface area contributed by atoms with Gasteiger partial charge in [-0.3, -0.25) is 9.78 Å². The lowest BCUT2D eigenvalue weighted by Crippen LogP contribution is -2.12. The topological polar surface area (TPSA) is 46.9 Å². The van der Waals surface area contributed by atoms with Crippen LogP contribution in [0.25, 0.3) is 5.69 Å². The first-order valence-electron chi connectivity index (χ1n) is 6.28. The van der Waals surface area contributed by atoms with E-state index in [1.54, 1.807) is 30.6 Å². The molecular formula is C16H13N3O. The van der Waals surface area contributed by atoms with Crippen LogP contribution in [-0.2, 0) is 0 Å². The molecule has 0 aliphatic heterocycles. The number of amides is 1. The van der Waals surface area contributed by atoms with Crippen molar-refractivity contribution in [1.29, 1.82) is 0 Å². The van der Waals surface area contributed by atoms with Crippen LogP contribution in [0.1, 0.15) is 10.4 Å². The van der Waals surface area contributed by atoms with Crippen molar-refractivity contribution in [3.63, 3.8) is 0 Å². The predicted octanol–water partition coefficient (Wildman–Crippen LogP) is 3.12. The lowest BCUT2D eigenvalue weighted by Gasteiger charge is -2.07. The SMILES string of the molecule is O=C(Nc1ccncc1)c1cccc(-n2cccc2)c1. The second-order valence-electron chi connectivity index (χ2n) is 4.33. The van der Waals surface area contributed by atoms with Gasteiger partial charge < -0.3 is 9.88 Å². The van der Waals surface area contributed by atoms with E-state index in [1.807, 2.05) is 47.3 Å². The minimum absolute atomic E-state index is 0.134. The Kier molecular flexibility index (Phi) is 3.29. The molecule has 0 aliphatic rings. The number of anilines is 1. The number of carbonyl (C=O) groups is 1. The Hall–Kier alpha value is -2.88. The summed E-state index contributed by atoms with van der Waals surface area (Å²) in [5, 5.41) is 2.84. The summed E-state index contributed by atoms with van der Waals surface area (Å²) in [7, 11) is 0. The molecule has 0 bridgehead atoms. The van der Waals surface area contributed by atoms with Gasteiger partial charge in [-0.25, -0.2) is 0 Å². The van der Waals surface area contributed by atoms with E-state index in [-0.39, 0.29) is 5.91 Å². The fourth-order valence-corrected chi connectivity index (χ4v) is 1.95. The fourth-order valence-electron chi connectivity index (χ4n) is 1.95. The summed E-state index contributed by atoms with van der Waals surface area (Å²) < 4.78 is 1.96. The number of aromatic nitrogens is 2. The van der Waals surface area contributed by atoms with E-state index in [1.165, 1.54) is 0 Å². The number of rotatable bonds is 3. The van der Waals surface area contributed by atoms with Gasteiger partial charge in [0.25, 0.3) is 5.91 Å². The molecule has 4 heteroatoms. The van der Waals surface area contributed by atoms with Crippen LogP contribution in [0, 0.1) is 0 Å². The van der Waals surface area contributed by atoms with Crippen molar-refractivity contribution in [2.24, 2.45) is 0 Å². The average molecular weight is 263 g/mol. The van der Waals surface area contributed by atoms with Crippen molar-refractivity contribution < 1.29 is 4.79 Å². The van der Waals surface area contributed by atoms with Gasteiger partial charge in [-0.1, -0.05) is 6.07 Å². The van der Waals surface area contributed by atoms with Crippen LogP contribution < -0.4 is 5.32 Å². The molecule has 2 aromatic heterocycles. The van der Waals surface area contributed by atoms with Crippen LogP contribution in [0.2, 0.25) is 0 Å². The van der Waals surface area contributed by atoms with E-state index in [2.05, 4.69) is 10.3 Å². The van der Waals surface area contributed by atoms with Gasteiger partial charge in [0.1, 0.15) is 0 Å². The Bertz CT molecular complexity index is 706. The number of pyridine rings is 1. The number of hydrogen-bond acceptors (Lipinski definition) is 2. The third-order valence-electron chi connectivity index (χ3n) is 2.95. The van der Waals surface area contributed by atoms with Gasteiger partial charge in [-0.15, -0.1) is 0 Å². The van der Waals surface area contributed by atoms with Crippen molar-refractivity contribution in [1.82, 2.24) is 9.55 Å². The largest absolute Gasteiger partial charge is 0.324 e. The van der Waals surface area contributed by atoms with Gasteiger partial charge in [0.05, 0.1) is 0 Å². The molecule has 3 rings (SSSR count). The molecule has 1 amide bonds. The molecule has 3 aromatic rings. The first-order chi connectivity index (χ1) is 9.83. The van der Waals surface area contributed by atoms with E-state index in [0.29, 0.717) is 5.56 Å². The van der Waals surface area contributed by atoms with Crippen LogP contribution in [-0.4, -0.2) is 15.5 Å². The molecule has 20 heavy (non-hydrogen) atoms. The van der Waals surface area contributed by atoms with Crippen molar-refractivity contribution in [2.75, 3.05) is 5.32 Å². The van der Waals surface area contributed by atoms with Crippen molar-refractivity contribution in [3.05, 3.63) is 78.9 Å². The highest BCUT2D eigenvalue weighted by atomic mass is 16.1. The third kappa shape index (κ3) is 2.59. The van der Waals surface area contributed by atoms with Gasteiger partial charge in [0.2, 0.25) is 0 Å². The van der Waals surface area contributed by atoms with E-state index in [9.17, 15) is 4.79 Å². The van der Waals surface area contributed by atoms with Gasteiger partial charge in [0, 0.05) is 41.7 Å². The molecule has 1 N–H and O–H groups in total. The Morgan fingerprint density at radius 3 is 2.50 bits per heavy atom. The Labute approximate surface area is 116 Å². The number of hydrogen-bond donors (Lipinski definition) is 1. The fraction of sp³-hybridized carbons (Fsp3) is 0. The number of carbonyl (C=O) groups excluding carboxylic acids is 1. The molecule has 0 saturated heterocycles. The first-order valence-corrected chi connectivity index (χ1v) is 6.28. The Morgan fingerprint density at radius 1 is 1.00 bits per heavy atom. The van der Waals surface area contributed by atoms with Crippen molar-refractivity contribution >= 4 is 11.6 Å². The molecule has 98 valence electrons. The van der Waals surface area contributed by atoms with E-state index in [4.69, 9.17) is 0 Å². The molecule has 0 aliphatic carbocycles. The zero-order valence-electron chi connectivity index (χ0n) is 10.7. The Balaban J connectivity index is 1.84. The van der Waals surface area contributed by atoms with E-state index < -0.39 is 0 Å². The summed E-state index contributed by atoms with van der Waals surface area (Å²) in [6.07, 6.45) is 7.18. The number of benzene rings is 1. The summed E-state index contributed by atoms with van der Waals surface area (Å²) in [5.74, 6) is -0.134.